The first-order chi connectivity index (χ1) is 22.8. The summed E-state index contributed by atoms with van der Waals surface area (Å²) in [5, 5.41) is 9.08. The summed E-state index contributed by atoms with van der Waals surface area (Å²) in [5.74, 6) is -0.530. The third-order valence-electron chi connectivity index (χ3n) is 7.07. The summed E-state index contributed by atoms with van der Waals surface area (Å²) in [7, 11) is 1.51. The van der Waals surface area contributed by atoms with Crippen molar-refractivity contribution in [3.8, 4) is 16.9 Å². The number of halogens is 1. The maximum Gasteiger partial charge on any atom is 0.272 e. The van der Waals surface area contributed by atoms with Gasteiger partial charge < -0.3 is 20.7 Å². The summed E-state index contributed by atoms with van der Waals surface area (Å²) in [6.07, 6.45) is 1.64. The van der Waals surface area contributed by atoms with Crippen LogP contribution in [-0.4, -0.2) is 30.6 Å². The smallest absolute Gasteiger partial charge is 0.272 e. The van der Waals surface area contributed by atoms with Crippen molar-refractivity contribution in [3.63, 3.8) is 0 Å². The number of benzene rings is 5. The Kier molecular flexibility index (Phi) is 11.1. The van der Waals surface area contributed by atoms with E-state index in [0.29, 0.717) is 27.7 Å². The summed E-state index contributed by atoms with van der Waals surface area (Å²) in [6, 6.07) is 37.0. The molecule has 0 fully saturated rings. The van der Waals surface area contributed by atoms with Crippen molar-refractivity contribution < 1.29 is 19.1 Å². The van der Waals surface area contributed by atoms with Gasteiger partial charge in [0, 0.05) is 27.2 Å². The van der Waals surface area contributed by atoms with Crippen molar-refractivity contribution in [3.05, 3.63) is 149 Å². The highest BCUT2D eigenvalue weighted by Crippen LogP contribution is 2.31. The van der Waals surface area contributed by atoms with Crippen molar-refractivity contribution >= 4 is 58.5 Å². The molecule has 236 valence electrons. The molecule has 5 rings (SSSR count). The molecule has 0 bridgehead atoms. The van der Waals surface area contributed by atoms with Crippen LogP contribution in [0.1, 0.15) is 21.5 Å². The first-order valence-electron chi connectivity index (χ1n) is 14.7. The first kappa shape index (κ1) is 33.1. The second-order valence-corrected chi connectivity index (χ2v) is 11.9. The Balaban J connectivity index is 1.29. The molecule has 7 nitrogen and oxygen atoms in total. The lowest BCUT2D eigenvalue weighted by Gasteiger charge is -2.13. The Morgan fingerprint density at radius 1 is 0.787 bits per heavy atom. The number of thioether (sulfide) groups is 1. The minimum atomic E-state index is -0.494. The van der Waals surface area contributed by atoms with Crippen molar-refractivity contribution in [1.29, 1.82) is 0 Å². The van der Waals surface area contributed by atoms with Gasteiger partial charge in [0.1, 0.15) is 11.4 Å². The molecule has 0 saturated carbocycles. The number of nitrogens with one attached hydrogen (secondary N) is 3. The van der Waals surface area contributed by atoms with E-state index in [2.05, 4.69) is 16.0 Å². The van der Waals surface area contributed by atoms with Crippen molar-refractivity contribution in [2.24, 2.45) is 0 Å². The fourth-order valence-corrected chi connectivity index (χ4v) is 5.55. The number of hydrogen-bond donors (Lipinski definition) is 3. The van der Waals surface area contributed by atoms with Crippen LogP contribution in [0.15, 0.2) is 132 Å². The highest BCUT2D eigenvalue weighted by atomic mass is 35.5. The molecular formula is C38H32ClN3O4S. The third kappa shape index (κ3) is 9.13. The molecule has 0 aliphatic carbocycles. The van der Waals surface area contributed by atoms with E-state index < -0.39 is 11.8 Å². The molecular weight excluding hydrogens is 630 g/mol. The number of methoxy groups -OCH3 is 1. The van der Waals surface area contributed by atoms with Gasteiger partial charge in [0.25, 0.3) is 11.8 Å². The number of amides is 3. The summed E-state index contributed by atoms with van der Waals surface area (Å²) < 4.78 is 5.35. The van der Waals surface area contributed by atoms with Gasteiger partial charge in [-0.3, -0.25) is 14.4 Å². The molecule has 3 N–H and O–H groups in total. The highest BCUT2D eigenvalue weighted by molar-refractivity contribution is 8.00. The fourth-order valence-electron chi connectivity index (χ4n) is 4.64. The Morgan fingerprint density at radius 2 is 1.47 bits per heavy atom. The average molecular weight is 662 g/mol. The fraction of sp³-hybridized carbons (Fsp3) is 0.0789. The molecule has 0 spiro atoms. The molecule has 0 radical (unpaired) electrons. The zero-order chi connectivity index (χ0) is 33.2. The Morgan fingerprint density at radius 3 is 2.17 bits per heavy atom. The molecule has 0 atom stereocenters. The van der Waals surface area contributed by atoms with Crippen LogP contribution in [0.2, 0.25) is 5.02 Å². The van der Waals surface area contributed by atoms with Crippen LogP contribution < -0.4 is 20.7 Å². The average Bonchev–Trinajstić information content (AvgIpc) is 3.09. The summed E-state index contributed by atoms with van der Waals surface area (Å²) >= 11 is 7.50. The maximum atomic E-state index is 13.6. The number of carbonyl (C=O) groups excluding carboxylic acids is 3. The standard InChI is InChI=1S/C38H32ClN3O4S/c1-25-20-33(35(46-2)23-32(25)39)41-36(43)24-47-31-15-9-14-30(22-31)40-38(45)34(42-37(44)29-12-7-4-8-13-29)21-26-16-18-28(19-17-26)27-10-5-3-6-11-27/h3-23H,24H2,1-2H3,(H,40,45)(H,41,43)(H,42,44)/b34-21+. The number of aryl methyl sites for hydroxylation is 1. The van der Waals surface area contributed by atoms with Crippen LogP contribution in [0, 0.1) is 6.92 Å². The molecule has 0 unspecified atom stereocenters. The van der Waals surface area contributed by atoms with Crippen molar-refractivity contribution in [2.45, 2.75) is 11.8 Å². The molecule has 5 aromatic rings. The quantitative estimate of drug-likeness (QED) is 0.0975. The van der Waals surface area contributed by atoms with Gasteiger partial charge in [-0.05, 0) is 71.7 Å². The molecule has 0 aliphatic rings. The highest BCUT2D eigenvalue weighted by Gasteiger charge is 2.16. The van der Waals surface area contributed by atoms with Gasteiger partial charge in [-0.15, -0.1) is 11.8 Å². The van der Waals surface area contributed by atoms with E-state index in [9.17, 15) is 14.4 Å². The normalized spacial score (nSPS) is 11.0. The second-order valence-electron chi connectivity index (χ2n) is 10.5. The minimum absolute atomic E-state index is 0.0796. The van der Waals surface area contributed by atoms with Crippen LogP contribution in [0.25, 0.3) is 17.2 Å². The van der Waals surface area contributed by atoms with Gasteiger partial charge >= 0.3 is 0 Å². The van der Waals surface area contributed by atoms with Gasteiger partial charge in [-0.25, -0.2) is 0 Å². The van der Waals surface area contributed by atoms with Gasteiger partial charge in [0.2, 0.25) is 5.91 Å². The van der Waals surface area contributed by atoms with Crippen LogP contribution in [0.4, 0.5) is 11.4 Å². The first-order valence-corrected chi connectivity index (χ1v) is 16.1. The van der Waals surface area contributed by atoms with Crippen LogP contribution in [0.3, 0.4) is 0 Å². The van der Waals surface area contributed by atoms with E-state index in [1.165, 1.54) is 18.9 Å². The van der Waals surface area contributed by atoms with E-state index in [0.717, 1.165) is 27.1 Å². The van der Waals surface area contributed by atoms with Gasteiger partial charge in [0.05, 0.1) is 18.6 Å². The number of ether oxygens (including phenoxy) is 1. The SMILES string of the molecule is COc1cc(Cl)c(C)cc1NC(=O)CSc1cccc(NC(=O)/C(=C\c2ccc(-c3ccccc3)cc2)NC(=O)c2ccccc2)c1. The monoisotopic (exact) mass is 661 g/mol. The lowest BCUT2D eigenvalue weighted by atomic mass is 10.0. The van der Waals surface area contributed by atoms with E-state index in [-0.39, 0.29) is 17.4 Å². The lowest BCUT2D eigenvalue weighted by Crippen LogP contribution is -2.30. The predicted octanol–water partition coefficient (Wildman–Crippen LogP) is 8.46. The molecule has 0 aromatic heterocycles. The molecule has 5 aromatic carbocycles. The number of carbonyl (C=O) groups is 3. The van der Waals surface area contributed by atoms with E-state index in [4.69, 9.17) is 16.3 Å². The lowest BCUT2D eigenvalue weighted by molar-refractivity contribution is -0.114. The number of hydrogen-bond acceptors (Lipinski definition) is 5. The van der Waals surface area contributed by atoms with E-state index in [1.54, 1.807) is 60.7 Å². The maximum absolute atomic E-state index is 13.6. The van der Waals surface area contributed by atoms with Crippen LogP contribution in [0.5, 0.6) is 5.75 Å². The third-order valence-corrected chi connectivity index (χ3v) is 8.48. The van der Waals surface area contributed by atoms with E-state index >= 15 is 0 Å². The summed E-state index contributed by atoms with van der Waals surface area (Å²) in [4.78, 5) is 40.2. The van der Waals surface area contributed by atoms with Gasteiger partial charge in [-0.2, -0.15) is 0 Å². The van der Waals surface area contributed by atoms with Crippen molar-refractivity contribution in [1.82, 2.24) is 5.32 Å². The topological polar surface area (TPSA) is 96.5 Å². The molecule has 9 heteroatoms. The van der Waals surface area contributed by atoms with Crippen LogP contribution >= 0.6 is 23.4 Å². The second kappa shape index (κ2) is 15.8. The minimum Gasteiger partial charge on any atom is -0.495 e. The summed E-state index contributed by atoms with van der Waals surface area (Å²) in [5.41, 5.74) is 5.22. The van der Waals surface area contributed by atoms with Crippen LogP contribution in [-0.2, 0) is 9.59 Å². The molecule has 47 heavy (non-hydrogen) atoms. The number of anilines is 2. The van der Waals surface area contributed by atoms with Gasteiger partial charge in [-0.1, -0.05) is 90.5 Å². The van der Waals surface area contributed by atoms with E-state index in [1.807, 2.05) is 73.7 Å². The Bertz CT molecular complexity index is 1910. The number of rotatable bonds is 11. The molecule has 0 heterocycles. The predicted molar refractivity (Wildman–Crippen MR) is 191 cm³/mol. The summed E-state index contributed by atoms with van der Waals surface area (Å²) in [6.45, 7) is 1.85. The zero-order valence-electron chi connectivity index (χ0n) is 25.8. The Hall–Kier alpha value is -5.31. The zero-order valence-corrected chi connectivity index (χ0v) is 27.3. The Labute approximate surface area is 283 Å². The van der Waals surface area contributed by atoms with Gasteiger partial charge in [0.15, 0.2) is 0 Å². The molecule has 3 amide bonds. The molecule has 0 aliphatic heterocycles. The largest absolute Gasteiger partial charge is 0.495 e. The van der Waals surface area contributed by atoms with Crippen molar-refractivity contribution in [2.75, 3.05) is 23.5 Å². The molecule has 0 saturated heterocycles.